The molecule has 3 atom stereocenters. The predicted octanol–water partition coefficient (Wildman–Crippen LogP) is 1.27. The predicted molar refractivity (Wildman–Crippen MR) is 67.2 cm³/mol. The van der Waals surface area contributed by atoms with Crippen LogP contribution in [-0.4, -0.2) is 23.7 Å². The molecule has 1 fully saturated rings. The molecule has 1 aliphatic rings. The summed E-state index contributed by atoms with van der Waals surface area (Å²) < 4.78 is 5.72. The zero-order valence-electron chi connectivity index (χ0n) is 10.3. The average molecular weight is 235 g/mol. The molecule has 3 N–H and O–H groups in total. The summed E-state index contributed by atoms with van der Waals surface area (Å²) in [5.41, 5.74) is 4.02. The lowest BCUT2D eigenvalue weighted by Crippen LogP contribution is -2.45. The first-order valence-corrected chi connectivity index (χ1v) is 6.32. The van der Waals surface area contributed by atoms with E-state index in [9.17, 15) is 0 Å². The molecule has 0 aromatic carbocycles. The van der Waals surface area contributed by atoms with E-state index in [-0.39, 0.29) is 6.04 Å². The molecule has 94 valence electrons. The smallest absolute Gasteiger partial charge is 0.0617 e. The van der Waals surface area contributed by atoms with Crippen LogP contribution in [0.4, 0.5) is 0 Å². The van der Waals surface area contributed by atoms with Gasteiger partial charge in [0.25, 0.3) is 0 Å². The van der Waals surface area contributed by atoms with Gasteiger partial charge in [0.15, 0.2) is 0 Å². The first-order chi connectivity index (χ1) is 8.35. The fourth-order valence-corrected chi connectivity index (χ4v) is 2.62. The number of hydrogen-bond acceptors (Lipinski definition) is 4. The van der Waals surface area contributed by atoms with Crippen molar-refractivity contribution in [3.8, 4) is 0 Å². The Kier molecular flexibility index (Phi) is 4.48. The number of ether oxygens (including phenoxy) is 1. The summed E-state index contributed by atoms with van der Waals surface area (Å²) in [5, 5.41) is 0. The van der Waals surface area contributed by atoms with E-state index in [0.717, 1.165) is 31.6 Å². The summed E-state index contributed by atoms with van der Waals surface area (Å²) in [6, 6.07) is 6.24. The third kappa shape index (κ3) is 3.03. The van der Waals surface area contributed by atoms with Crippen LogP contribution < -0.4 is 11.3 Å². The minimum atomic E-state index is 0.248. The van der Waals surface area contributed by atoms with Gasteiger partial charge in [-0.05, 0) is 25.0 Å². The molecule has 1 saturated heterocycles. The topological polar surface area (TPSA) is 60.2 Å². The third-order valence-corrected chi connectivity index (χ3v) is 3.55. The van der Waals surface area contributed by atoms with E-state index >= 15 is 0 Å². The third-order valence-electron chi connectivity index (χ3n) is 3.55. The van der Waals surface area contributed by atoms with E-state index in [1.54, 1.807) is 0 Å². The van der Waals surface area contributed by atoms with Gasteiger partial charge in [0, 0.05) is 36.9 Å². The van der Waals surface area contributed by atoms with E-state index in [1.807, 2.05) is 24.4 Å². The molecule has 0 radical (unpaired) electrons. The van der Waals surface area contributed by atoms with E-state index in [0.29, 0.717) is 12.0 Å². The van der Waals surface area contributed by atoms with Gasteiger partial charge >= 0.3 is 0 Å². The zero-order chi connectivity index (χ0) is 12.1. The van der Waals surface area contributed by atoms with Gasteiger partial charge in [0.05, 0.1) is 6.10 Å². The average Bonchev–Trinajstić information content (AvgIpc) is 2.85. The maximum atomic E-state index is 5.72. The maximum absolute atomic E-state index is 5.72. The number of hydrogen-bond donors (Lipinski definition) is 2. The summed E-state index contributed by atoms with van der Waals surface area (Å²) in [5.74, 6) is 6.18. The summed E-state index contributed by atoms with van der Waals surface area (Å²) in [7, 11) is 0. The van der Waals surface area contributed by atoms with Crippen molar-refractivity contribution >= 4 is 0 Å². The molecule has 0 saturated carbocycles. The highest BCUT2D eigenvalue weighted by Crippen LogP contribution is 2.27. The van der Waals surface area contributed by atoms with Gasteiger partial charge in [-0.15, -0.1) is 0 Å². The van der Waals surface area contributed by atoms with Crippen LogP contribution >= 0.6 is 0 Å². The number of nitrogens with one attached hydrogen (secondary N) is 1. The van der Waals surface area contributed by atoms with Gasteiger partial charge < -0.3 is 4.74 Å². The quantitative estimate of drug-likeness (QED) is 0.596. The second kappa shape index (κ2) is 6.10. The molecule has 17 heavy (non-hydrogen) atoms. The number of rotatable bonds is 5. The Balaban J connectivity index is 2.01. The van der Waals surface area contributed by atoms with Crippen molar-refractivity contribution in [1.29, 1.82) is 0 Å². The fraction of sp³-hybridized carbons (Fsp3) is 0.615. The Morgan fingerprint density at radius 1 is 1.59 bits per heavy atom. The Labute approximate surface area is 103 Å². The largest absolute Gasteiger partial charge is 0.378 e. The first kappa shape index (κ1) is 12.5. The minimum absolute atomic E-state index is 0.248. The highest BCUT2D eigenvalue weighted by Gasteiger charge is 2.33. The molecule has 2 heterocycles. The molecule has 0 aliphatic carbocycles. The normalized spacial score (nSPS) is 26.0. The molecule has 4 heteroatoms. The van der Waals surface area contributed by atoms with Crippen molar-refractivity contribution in [2.24, 2.45) is 11.8 Å². The number of hydrazine groups is 1. The Morgan fingerprint density at radius 2 is 2.47 bits per heavy atom. The van der Waals surface area contributed by atoms with Gasteiger partial charge in [-0.3, -0.25) is 16.3 Å². The molecule has 1 aromatic rings. The summed E-state index contributed by atoms with van der Waals surface area (Å²) in [6.45, 7) is 3.01. The van der Waals surface area contributed by atoms with Gasteiger partial charge in [-0.1, -0.05) is 13.0 Å². The van der Waals surface area contributed by atoms with Gasteiger partial charge in [0.2, 0.25) is 0 Å². The van der Waals surface area contributed by atoms with Crippen LogP contribution in [0.1, 0.15) is 25.5 Å². The summed E-state index contributed by atoms with van der Waals surface area (Å²) in [4.78, 5) is 4.35. The minimum Gasteiger partial charge on any atom is -0.378 e. The van der Waals surface area contributed by atoms with Gasteiger partial charge in [-0.25, -0.2) is 0 Å². The second-order valence-electron chi connectivity index (χ2n) is 4.57. The molecule has 2 rings (SSSR count). The Bertz CT molecular complexity index is 331. The number of aromatic nitrogens is 1. The summed E-state index contributed by atoms with van der Waals surface area (Å²) >= 11 is 0. The van der Waals surface area contributed by atoms with Crippen LogP contribution in [0.5, 0.6) is 0 Å². The van der Waals surface area contributed by atoms with Crippen molar-refractivity contribution in [3.05, 3.63) is 30.1 Å². The standard InChI is InChI=1S/C13H21N3O/c1-2-13-11(6-8-17-13)12(16-14)9-10-5-3-4-7-15-10/h3-5,7,11-13,16H,2,6,8-9,14H2,1H3. The van der Waals surface area contributed by atoms with Crippen LogP contribution in [0, 0.1) is 5.92 Å². The van der Waals surface area contributed by atoms with Crippen LogP contribution in [-0.2, 0) is 11.2 Å². The molecule has 1 aliphatic heterocycles. The van der Waals surface area contributed by atoms with E-state index in [4.69, 9.17) is 10.6 Å². The molecular weight excluding hydrogens is 214 g/mol. The Hall–Kier alpha value is -0.970. The number of nitrogens with zero attached hydrogens (tertiary/aromatic N) is 1. The lowest BCUT2D eigenvalue weighted by molar-refractivity contribution is 0.0773. The molecular formula is C13H21N3O. The fourth-order valence-electron chi connectivity index (χ4n) is 2.62. The molecule has 0 spiro atoms. The maximum Gasteiger partial charge on any atom is 0.0617 e. The van der Waals surface area contributed by atoms with Crippen LogP contribution in [0.2, 0.25) is 0 Å². The van der Waals surface area contributed by atoms with Crippen molar-refractivity contribution in [3.63, 3.8) is 0 Å². The van der Waals surface area contributed by atoms with E-state index in [2.05, 4.69) is 17.3 Å². The van der Waals surface area contributed by atoms with E-state index in [1.165, 1.54) is 0 Å². The zero-order valence-corrected chi connectivity index (χ0v) is 10.3. The van der Waals surface area contributed by atoms with Gasteiger partial charge in [0.1, 0.15) is 0 Å². The molecule has 1 aromatic heterocycles. The number of nitrogens with two attached hydrogens (primary N) is 1. The van der Waals surface area contributed by atoms with Crippen molar-refractivity contribution < 1.29 is 4.74 Å². The van der Waals surface area contributed by atoms with E-state index < -0.39 is 0 Å². The second-order valence-corrected chi connectivity index (χ2v) is 4.57. The summed E-state index contributed by atoms with van der Waals surface area (Å²) in [6.07, 6.45) is 5.15. The van der Waals surface area contributed by atoms with Crippen LogP contribution in [0.15, 0.2) is 24.4 Å². The van der Waals surface area contributed by atoms with Crippen molar-refractivity contribution in [1.82, 2.24) is 10.4 Å². The lowest BCUT2D eigenvalue weighted by Gasteiger charge is -2.26. The van der Waals surface area contributed by atoms with Gasteiger partial charge in [-0.2, -0.15) is 0 Å². The number of pyridine rings is 1. The monoisotopic (exact) mass is 235 g/mol. The van der Waals surface area contributed by atoms with Crippen LogP contribution in [0.25, 0.3) is 0 Å². The highest BCUT2D eigenvalue weighted by atomic mass is 16.5. The molecule has 0 bridgehead atoms. The molecule has 4 nitrogen and oxygen atoms in total. The molecule has 3 unspecified atom stereocenters. The SMILES string of the molecule is CCC1OCCC1C(Cc1ccccn1)NN. The van der Waals surface area contributed by atoms with Crippen LogP contribution in [0.3, 0.4) is 0 Å². The molecule has 0 amide bonds. The Morgan fingerprint density at radius 3 is 3.12 bits per heavy atom. The lowest BCUT2D eigenvalue weighted by atomic mass is 9.89. The first-order valence-electron chi connectivity index (χ1n) is 6.32. The van der Waals surface area contributed by atoms with Crippen molar-refractivity contribution in [2.75, 3.05) is 6.61 Å². The van der Waals surface area contributed by atoms with Crippen molar-refractivity contribution in [2.45, 2.75) is 38.3 Å². The highest BCUT2D eigenvalue weighted by molar-refractivity contribution is 5.06.